The van der Waals surface area contributed by atoms with E-state index < -0.39 is 11.2 Å². The average molecular weight is 259 g/mol. The first-order valence-corrected chi connectivity index (χ1v) is 6.43. The van der Waals surface area contributed by atoms with Gasteiger partial charge in [-0.05, 0) is 27.7 Å². The smallest absolute Gasteiger partial charge is 0.171 e. The third-order valence-electron chi connectivity index (χ3n) is 3.54. The zero-order chi connectivity index (χ0) is 14.0. The van der Waals surface area contributed by atoms with Crippen molar-refractivity contribution in [3.8, 4) is 0 Å². The molecule has 5 nitrogen and oxygen atoms in total. The van der Waals surface area contributed by atoms with Crippen LogP contribution < -0.4 is 0 Å². The highest BCUT2D eigenvalue weighted by Crippen LogP contribution is 2.39. The first kappa shape index (κ1) is 15.6. The van der Waals surface area contributed by atoms with Crippen LogP contribution in [-0.2, 0) is 9.53 Å². The van der Waals surface area contributed by atoms with E-state index in [-0.39, 0.29) is 24.9 Å². The van der Waals surface area contributed by atoms with Gasteiger partial charge in [0.2, 0.25) is 0 Å². The van der Waals surface area contributed by atoms with Crippen molar-refractivity contribution in [2.24, 2.45) is 5.92 Å². The maximum absolute atomic E-state index is 12.3. The van der Waals surface area contributed by atoms with Gasteiger partial charge in [-0.15, -0.1) is 0 Å². The van der Waals surface area contributed by atoms with E-state index in [0.29, 0.717) is 19.6 Å². The number of aliphatic hydroxyl groups is 2. The number of ketones is 1. The molecule has 5 heteroatoms. The van der Waals surface area contributed by atoms with Crippen molar-refractivity contribution >= 4 is 5.78 Å². The molecule has 18 heavy (non-hydrogen) atoms. The molecular weight excluding hydrogens is 234 g/mol. The fourth-order valence-corrected chi connectivity index (χ4v) is 2.65. The van der Waals surface area contributed by atoms with E-state index >= 15 is 0 Å². The van der Waals surface area contributed by atoms with Crippen LogP contribution in [-0.4, -0.2) is 64.9 Å². The van der Waals surface area contributed by atoms with Crippen LogP contribution in [0.3, 0.4) is 0 Å². The lowest BCUT2D eigenvalue weighted by Crippen LogP contribution is -2.43. The molecular formula is C13H25NO4. The van der Waals surface area contributed by atoms with Crippen LogP contribution in [0.1, 0.15) is 27.7 Å². The molecule has 0 radical (unpaired) electrons. The van der Waals surface area contributed by atoms with Gasteiger partial charge in [-0.3, -0.25) is 9.69 Å². The van der Waals surface area contributed by atoms with Gasteiger partial charge in [0, 0.05) is 19.6 Å². The van der Waals surface area contributed by atoms with Gasteiger partial charge in [0.15, 0.2) is 5.78 Å². The highest BCUT2D eigenvalue weighted by atomic mass is 16.5. The molecule has 106 valence electrons. The molecule has 2 N–H and O–H groups in total. The van der Waals surface area contributed by atoms with Gasteiger partial charge in [-0.25, -0.2) is 0 Å². The number of hydrogen-bond acceptors (Lipinski definition) is 5. The number of Topliss-reactive ketones (excluding diaryl/α,β-unsaturated/α-hetero) is 1. The highest BCUT2D eigenvalue weighted by Gasteiger charge is 2.53. The van der Waals surface area contributed by atoms with Gasteiger partial charge in [-0.2, -0.15) is 0 Å². The predicted molar refractivity (Wildman–Crippen MR) is 68.4 cm³/mol. The van der Waals surface area contributed by atoms with Gasteiger partial charge in [-0.1, -0.05) is 0 Å². The molecule has 1 atom stereocenters. The molecule has 0 saturated carbocycles. The predicted octanol–water partition coefficient (Wildman–Crippen LogP) is 0.0457. The molecule has 0 aliphatic carbocycles. The molecule has 0 bridgehead atoms. The fraction of sp³-hybridized carbons (Fsp3) is 0.923. The molecule has 0 spiro atoms. The minimum atomic E-state index is -0.752. The molecule has 1 unspecified atom stereocenters. The maximum atomic E-state index is 12.3. The van der Waals surface area contributed by atoms with E-state index in [1.807, 2.05) is 18.7 Å². The number of nitrogens with zero attached hydrogens (tertiary/aromatic N) is 1. The number of hydrogen-bond donors (Lipinski definition) is 2. The Bertz CT molecular complexity index is 295. The Hall–Kier alpha value is -0.490. The number of rotatable bonds is 6. The van der Waals surface area contributed by atoms with Crippen molar-refractivity contribution in [3.05, 3.63) is 0 Å². The summed E-state index contributed by atoms with van der Waals surface area (Å²) in [7, 11) is 0. The van der Waals surface area contributed by atoms with Crippen molar-refractivity contribution in [3.63, 3.8) is 0 Å². The quantitative estimate of drug-likeness (QED) is 0.705. The lowest BCUT2D eigenvalue weighted by molar-refractivity contribution is -0.132. The minimum Gasteiger partial charge on any atom is -0.395 e. The average Bonchev–Trinajstić information content (AvgIpc) is 2.37. The SMILES string of the molecule is CC1(C)OC(C)(C)C(CN(CCO)CCO)C1=O. The number of ether oxygens (including phenoxy) is 1. The largest absolute Gasteiger partial charge is 0.395 e. The lowest BCUT2D eigenvalue weighted by atomic mass is 9.85. The summed E-state index contributed by atoms with van der Waals surface area (Å²) >= 11 is 0. The molecule has 1 rings (SSSR count). The van der Waals surface area contributed by atoms with E-state index in [2.05, 4.69) is 0 Å². The standard InChI is InChI=1S/C13H25NO4/c1-12(2)10(11(17)13(3,4)18-12)9-14(5-7-15)6-8-16/h10,15-16H,5-9H2,1-4H3. The second-order valence-corrected chi connectivity index (χ2v) is 5.88. The summed E-state index contributed by atoms with van der Waals surface area (Å²) in [6.07, 6.45) is 0. The zero-order valence-corrected chi connectivity index (χ0v) is 11.8. The summed E-state index contributed by atoms with van der Waals surface area (Å²) in [5.74, 6) is -0.140. The van der Waals surface area contributed by atoms with Crippen molar-refractivity contribution < 1.29 is 19.7 Å². The third-order valence-corrected chi connectivity index (χ3v) is 3.54. The van der Waals surface area contributed by atoms with Crippen LogP contribution in [0.4, 0.5) is 0 Å². The highest BCUT2D eigenvalue weighted by molar-refractivity contribution is 5.91. The minimum absolute atomic E-state index is 0.0194. The molecule has 1 heterocycles. The fourth-order valence-electron chi connectivity index (χ4n) is 2.65. The van der Waals surface area contributed by atoms with Crippen LogP contribution in [0.2, 0.25) is 0 Å². The summed E-state index contributed by atoms with van der Waals surface area (Å²) in [5, 5.41) is 18.0. The first-order chi connectivity index (χ1) is 8.24. The van der Waals surface area contributed by atoms with E-state index in [9.17, 15) is 4.79 Å². The van der Waals surface area contributed by atoms with Crippen LogP contribution in [0.25, 0.3) is 0 Å². The van der Waals surface area contributed by atoms with Crippen molar-refractivity contribution in [2.75, 3.05) is 32.8 Å². The van der Waals surface area contributed by atoms with Gasteiger partial charge < -0.3 is 14.9 Å². The summed E-state index contributed by atoms with van der Waals surface area (Å²) in [5.41, 5.74) is -1.26. The third kappa shape index (κ3) is 3.29. The molecule has 0 aromatic rings. The Morgan fingerprint density at radius 3 is 2.00 bits per heavy atom. The maximum Gasteiger partial charge on any atom is 0.171 e. The Balaban J connectivity index is 2.77. The normalized spacial score (nSPS) is 25.9. The van der Waals surface area contributed by atoms with Gasteiger partial charge in [0.1, 0.15) is 5.60 Å². The first-order valence-electron chi connectivity index (χ1n) is 6.43. The van der Waals surface area contributed by atoms with Crippen molar-refractivity contribution in [2.45, 2.75) is 38.9 Å². The molecule has 1 saturated heterocycles. The topological polar surface area (TPSA) is 70.0 Å². The van der Waals surface area contributed by atoms with E-state index in [4.69, 9.17) is 14.9 Å². The number of carbonyl (C=O) groups is 1. The van der Waals surface area contributed by atoms with Crippen molar-refractivity contribution in [1.29, 1.82) is 0 Å². The van der Waals surface area contributed by atoms with E-state index in [1.165, 1.54) is 0 Å². The molecule has 0 amide bonds. The Morgan fingerprint density at radius 2 is 1.67 bits per heavy atom. The number of aliphatic hydroxyl groups excluding tert-OH is 2. The van der Waals surface area contributed by atoms with E-state index in [0.717, 1.165) is 0 Å². The van der Waals surface area contributed by atoms with Crippen LogP contribution in [0.5, 0.6) is 0 Å². The second-order valence-electron chi connectivity index (χ2n) is 5.88. The van der Waals surface area contributed by atoms with Gasteiger partial charge in [0.25, 0.3) is 0 Å². The van der Waals surface area contributed by atoms with E-state index in [1.54, 1.807) is 13.8 Å². The summed E-state index contributed by atoms with van der Waals surface area (Å²) in [6.45, 7) is 8.88. The lowest BCUT2D eigenvalue weighted by Gasteiger charge is -2.30. The summed E-state index contributed by atoms with van der Waals surface area (Å²) in [6, 6.07) is 0. The molecule has 0 aromatic carbocycles. The number of carbonyl (C=O) groups excluding carboxylic acids is 1. The molecule has 1 fully saturated rings. The monoisotopic (exact) mass is 259 g/mol. The Kier molecular flexibility index (Phi) is 4.89. The van der Waals surface area contributed by atoms with Crippen molar-refractivity contribution in [1.82, 2.24) is 4.90 Å². The molecule has 1 aliphatic rings. The van der Waals surface area contributed by atoms with Crippen LogP contribution in [0, 0.1) is 5.92 Å². The Labute approximate surface area is 109 Å². The summed E-state index contributed by atoms with van der Waals surface area (Å²) < 4.78 is 5.82. The molecule has 0 aromatic heterocycles. The van der Waals surface area contributed by atoms with Crippen LogP contribution >= 0.6 is 0 Å². The molecule has 1 aliphatic heterocycles. The Morgan fingerprint density at radius 1 is 1.17 bits per heavy atom. The van der Waals surface area contributed by atoms with Crippen LogP contribution in [0.15, 0.2) is 0 Å². The second kappa shape index (κ2) is 5.65. The van der Waals surface area contributed by atoms with Gasteiger partial charge >= 0.3 is 0 Å². The van der Waals surface area contributed by atoms with Gasteiger partial charge in [0.05, 0.1) is 24.7 Å². The summed E-state index contributed by atoms with van der Waals surface area (Å²) in [4.78, 5) is 14.2. The zero-order valence-electron chi connectivity index (χ0n) is 11.8.